The average molecular weight is 390 g/mol. The van der Waals surface area contributed by atoms with Crippen molar-refractivity contribution in [1.29, 1.82) is 0 Å². The van der Waals surface area contributed by atoms with Gasteiger partial charge >= 0.3 is 5.97 Å². The number of benzene rings is 3. The Labute approximate surface area is 169 Å². The number of carbonyl (C=O) groups excluding carboxylic acids is 1. The highest BCUT2D eigenvalue weighted by atomic mass is 32.2. The van der Waals surface area contributed by atoms with Crippen LogP contribution in [0.2, 0.25) is 0 Å². The molecule has 0 saturated heterocycles. The van der Waals surface area contributed by atoms with Crippen molar-refractivity contribution in [3.05, 3.63) is 90.5 Å². The Bertz CT molecular complexity index is 874. The fourth-order valence-corrected chi connectivity index (χ4v) is 5.84. The Morgan fingerprint density at radius 3 is 1.71 bits per heavy atom. The maximum atomic E-state index is 12.6. The van der Waals surface area contributed by atoms with Gasteiger partial charge in [-0.05, 0) is 81.1 Å². The SMILES string of the molecule is CC1(OC(=O)c2ccc([S+](c3ccccc3)c3ccccc3)cc2)CCCC1. The molecule has 1 aliphatic rings. The third-order valence-corrected chi connectivity index (χ3v) is 7.51. The molecule has 2 nitrogen and oxygen atoms in total. The molecular weight excluding hydrogens is 364 g/mol. The van der Waals surface area contributed by atoms with Crippen molar-refractivity contribution >= 4 is 16.9 Å². The van der Waals surface area contributed by atoms with Crippen molar-refractivity contribution in [1.82, 2.24) is 0 Å². The highest BCUT2D eigenvalue weighted by Gasteiger charge is 2.33. The molecule has 0 radical (unpaired) electrons. The minimum absolute atomic E-state index is 0.200. The molecular formula is C25H25O2S+. The standard InChI is InChI=1S/C25H25O2S/c1-25(18-8-9-19-25)27-24(26)20-14-16-23(17-15-20)28(21-10-4-2-5-11-21)22-12-6-3-7-13-22/h2-7,10-17H,8-9,18-19H2,1H3/q+1. The van der Waals surface area contributed by atoms with Crippen molar-refractivity contribution in [3.63, 3.8) is 0 Å². The maximum Gasteiger partial charge on any atom is 0.338 e. The molecule has 0 heterocycles. The van der Waals surface area contributed by atoms with Crippen molar-refractivity contribution in [3.8, 4) is 0 Å². The Morgan fingerprint density at radius 2 is 1.21 bits per heavy atom. The van der Waals surface area contributed by atoms with Crippen LogP contribution in [0, 0.1) is 0 Å². The van der Waals surface area contributed by atoms with Crippen LogP contribution in [0.15, 0.2) is 99.6 Å². The summed E-state index contributed by atoms with van der Waals surface area (Å²) in [6, 6.07) is 29.0. The fourth-order valence-electron chi connectivity index (χ4n) is 3.76. The number of rotatable bonds is 5. The number of esters is 1. The summed E-state index contributed by atoms with van der Waals surface area (Å²) in [6.07, 6.45) is 4.20. The predicted octanol–water partition coefficient (Wildman–Crippen LogP) is 6.27. The molecule has 4 rings (SSSR count). The van der Waals surface area contributed by atoms with Crippen molar-refractivity contribution < 1.29 is 9.53 Å². The van der Waals surface area contributed by atoms with E-state index in [1.807, 2.05) is 24.3 Å². The fraction of sp³-hybridized carbons (Fsp3) is 0.240. The van der Waals surface area contributed by atoms with Gasteiger partial charge in [0.2, 0.25) is 0 Å². The van der Waals surface area contributed by atoms with Crippen LogP contribution in [0.5, 0.6) is 0 Å². The van der Waals surface area contributed by atoms with E-state index in [1.54, 1.807) is 0 Å². The predicted molar refractivity (Wildman–Crippen MR) is 114 cm³/mol. The van der Waals surface area contributed by atoms with Crippen LogP contribution in [-0.4, -0.2) is 11.6 Å². The van der Waals surface area contributed by atoms with E-state index in [9.17, 15) is 4.79 Å². The third kappa shape index (κ3) is 4.15. The van der Waals surface area contributed by atoms with E-state index in [4.69, 9.17) is 4.74 Å². The molecule has 0 aliphatic heterocycles. The van der Waals surface area contributed by atoms with E-state index in [1.165, 1.54) is 14.7 Å². The molecule has 0 bridgehead atoms. The number of hydrogen-bond donors (Lipinski definition) is 0. The van der Waals surface area contributed by atoms with Crippen LogP contribution in [0.1, 0.15) is 43.0 Å². The maximum absolute atomic E-state index is 12.6. The van der Waals surface area contributed by atoms with Gasteiger partial charge in [-0.2, -0.15) is 0 Å². The van der Waals surface area contributed by atoms with Gasteiger partial charge in [0, 0.05) is 0 Å². The first-order valence-electron chi connectivity index (χ1n) is 9.82. The summed E-state index contributed by atoms with van der Waals surface area (Å²) in [5, 5.41) is 0. The number of carbonyl (C=O) groups is 1. The molecule has 3 heteroatoms. The van der Waals surface area contributed by atoms with Crippen LogP contribution in [0.25, 0.3) is 0 Å². The van der Waals surface area contributed by atoms with E-state index in [2.05, 4.69) is 67.6 Å². The van der Waals surface area contributed by atoms with Gasteiger partial charge in [-0.3, -0.25) is 0 Å². The molecule has 0 aromatic heterocycles. The molecule has 0 unspecified atom stereocenters. The summed E-state index contributed by atoms with van der Waals surface area (Å²) in [4.78, 5) is 16.3. The second-order valence-electron chi connectivity index (χ2n) is 7.50. The molecule has 1 aliphatic carbocycles. The summed E-state index contributed by atoms with van der Waals surface area (Å²) in [5.74, 6) is -0.213. The van der Waals surface area contributed by atoms with E-state index in [0.717, 1.165) is 25.7 Å². The van der Waals surface area contributed by atoms with Gasteiger partial charge in [-0.1, -0.05) is 36.4 Å². The normalized spacial score (nSPS) is 15.5. The highest BCUT2D eigenvalue weighted by Crippen LogP contribution is 2.34. The van der Waals surface area contributed by atoms with Gasteiger partial charge < -0.3 is 4.74 Å². The largest absolute Gasteiger partial charge is 0.456 e. The quantitative estimate of drug-likeness (QED) is 0.380. The molecule has 28 heavy (non-hydrogen) atoms. The Balaban J connectivity index is 1.61. The van der Waals surface area contributed by atoms with Gasteiger partial charge in [-0.15, -0.1) is 0 Å². The first-order valence-corrected chi connectivity index (χ1v) is 11.0. The number of hydrogen-bond acceptors (Lipinski definition) is 2. The lowest BCUT2D eigenvalue weighted by Crippen LogP contribution is -2.28. The topological polar surface area (TPSA) is 26.3 Å². The van der Waals surface area contributed by atoms with Crippen molar-refractivity contribution in [2.75, 3.05) is 0 Å². The van der Waals surface area contributed by atoms with Gasteiger partial charge in [-0.25, -0.2) is 4.79 Å². The Kier molecular flexibility index (Phi) is 5.54. The summed E-state index contributed by atoms with van der Waals surface area (Å²) >= 11 is 0. The smallest absolute Gasteiger partial charge is 0.338 e. The van der Waals surface area contributed by atoms with Crippen molar-refractivity contribution in [2.45, 2.75) is 52.9 Å². The van der Waals surface area contributed by atoms with Crippen molar-refractivity contribution in [2.24, 2.45) is 0 Å². The lowest BCUT2D eigenvalue weighted by Gasteiger charge is -2.24. The van der Waals surface area contributed by atoms with Crippen LogP contribution in [0.4, 0.5) is 0 Å². The first-order chi connectivity index (χ1) is 13.6. The van der Waals surface area contributed by atoms with Crippen LogP contribution in [0.3, 0.4) is 0 Å². The zero-order valence-electron chi connectivity index (χ0n) is 16.1. The molecule has 0 amide bonds. The number of ether oxygens (including phenoxy) is 1. The first kappa shape index (κ1) is 18.8. The second-order valence-corrected chi connectivity index (χ2v) is 9.53. The van der Waals surface area contributed by atoms with Gasteiger partial charge in [0.15, 0.2) is 14.7 Å². The third-order valence-electron chi connectivity index (χ3n) is 5.28. The molecule has 0 spiro atoms. The molecule has 1 fully saturated rings. The zero-order chi connectivity index (χ0) is 19.4. The minimum Gasteiger partial charge on any atom is -0.456 e. The zero-order valence-corrected chi connectivity index (χ0v) is 17.0. The Hall–Kier alpha value is -2.52. The monoisotopic (exact) mass is 389 g/mol. The molecule has 0 N–H and O–H groups in total. The van der Waals surface area contributed by atoms with Gasteiger partial charge in [0.05, 0.1) is 16.5 Å². The van der Waals surface area contributed by atoms with Crippen LogP contribution in [-0.2, 0) is 15.6 Å². The molecule has 0 atom stereocenters. The van der Waals surface area contributed by atoms with Gasteiger partial charge in [0.25, 0.3) is 0 Å². The van der Waals surface area contributed by atoms with Crippen LogP contribution < -0.4 is 0 Å². The van der Waals surface area contributed by atoms with E-state index >= 15 is 0 Å². The van der Waals surface area contributed by atoms with E-state index < -0.39 is 0 Å². The summed E-state index contributed by atoms with van der Waals surface area (Å²) in [7, 11) is -0.200. The molecule has 142 valence electrons. The summed E-state index contributed by atoms with van der Waals surface area (Å²) in [5.41, 5.74) is 0.329. The lowest BCUT2D eigenvalue weighted by atomic mass is 10.1. The van der Waals surface area contributed by atoms with E-state index in [-0.39, 0.29) is 22.5 Å². The van der Waals surface area contributed by atoms with E-state index in [0.29, 0.717) is 5.56 Å². The minimum atomic E-state index is -0.298. The van der Waals surface area contributed by atoms with Crippen LogP contribution >= 0.6 is 0 Å². The summed E-state index contributed by atoms with van der Waals surface area (Å²) in [6.45, 7) is 2.05. The second kappa shape index (κ2) is 8.24. The Morgan fingerprint density at radius 1 is 0.750 bits per heavy atom. The molecule has 3 aromatic carbocycles. The summed E-state index contributed by atoms with van der Waals surface area (Å²) < 4.78 is 5.82. The average Bonchev–Trinajstić information content (AvgIpc) is 3.16. The van der Waals surface area contributed by atoms with Gasteiger partial charge in [0.1, 0.15) is 5.60 Å². The lowest BCUT2D eigenvalue weighted by molar-refractivity contribution is -0.00609. The highest BCUT2D eigenvalue weighted by molar-refractivity contribution is 7.97. The molecule has 1 saturated carbocycles. The molecule has 3 aromatic rings.